The van der Waals surface area contributed by atoms with E-state index in [0.717, 1.165) is 21.4 Å². The Balaban J connectivity index is 1.58. The van der Waals surface area contributed by atoms with E-state index in [-0.39, 0.29) is 5.91 Å². The summed E-state index contributed by atoms with van der Waals surface area (Å²) in [7, 11) is 0. The van der Waals surface area contributed by atoms with Crippen molar-refractivity contribution in [2.24, 2.45) is 0 Å². The first-order valence-electron chi connectivity index (χ1n) is 7.10. The Bertz CT molecular complexity index is 769. The Morgan fingerprint density at radius 3 is 2.68 bits per heavy atom. The zero-order chi connectivity index (χ0) is 15.2. The summed E-state index contributed by atoms with van der Waals surface area (Å²) >= 11 is 1.52. The zero-order valence-electron chi connectivity index (χ0n) is 12.0. The van der Waals surface area contributed by atoms with Crippen molar-refractivity contribution in [2.45, 2.75) is 11.4 Å². The lowest BCUT2D eigenvalue weighted by Crippen LogP contribution is -2.24. The topological polar surface area (TPSA) is 42.0 Å². The molecule has 1 heterocycles. The molecule has 2 aromatic carbocycles. The second-order valence-electron chi connectivity index (χ2n) is 4.88. The fourth-order valence-electron chi connectivity index (χ4n) is 2.18. The largest absolute Gasteiger partial charge is 0.351 e. The van der Waals surface area contributed by atoms with Crippen LogP contribution in [0.3, 0.4) is 0 Å². The van der Waals surface area contributed by atoms with Crippen molar-refractivity contribution < 1.29 is 4.79 Å². The molecule has 1 amide bonds. The molecule has 0 bridgehead atoms. The Morgan fingerprint density at radius 2 is 1.82 bits per heavy atom. The van der Waals surface area contributed by atoms with E-state index in [2.05, 4.69) is 10.3 Å². The van der Waals surface area contributed by atoms with Gasteiger partial charge in [0.1, 0.15) is 0 Å². The summed E-state index contributed by atoms with van der Waals surface area (Å²) in [6.45, 7) is 0.564. The maximum atomic E-state index is 12.0. The van der Waals surface area contributed by atoms with Crippen molar-refractivity contribution in [3.8, 4) is 0 Å². The fourth-order valence-corrected chi connectivity index (χ4v) is 3.05. The highest BCUT2D eigenvalue weighted by Crippen LogP contribution is 2.25. The minimum absolute atomic E-state index is 0.0294. The molecule has 3 aromatic rings. The van der Waals surface area contributed by atoms with Crippen LogP contribution in [0.5, 0.6) is 0 Å². The highest BCUT2D eigenvalue weighted by Gasteiger charge is 2.06. The first kappa shape index (κ1) is 14.6. The number of nitrogens with one attached hydrogen (secondary N) is 1. The maximum Gasteiger partial charge on any atom is 0.230 e. The van der Waals surface area contributed by atoms with Gasteiger partial charge < -0.3 is 5.32 Å². The van der Waals surface area contributed by atoms with Crippen LogP contribution in [-0.4, -0.2) is 16.6 Å². The van der Waals surface area contributed by atoms with Gasteiger partial charge in [-0.3, -0.25) is 9.78 Å². The molecule has 3 rings (SSSR count). The van der Waals surface area contributed by atoms with Crippen LogP contribution in [-0.2, 0) is 11.3 Å². The molecule has 1 N–H and O–H groups in total. The number of pyridine rings is 1. The van der Waals surface area contributed by atoms with Crippen LogP contribution < -0.4 is 5.32 Å². The zero-order valence-corrected chi connectivity index (χ0v) is 12.8. The summed E-state index contributed by atoms with van der Waals surface area (Å²) in [5, 5.41) is 4.03. The monoisotopic (exact) mass is 308 g/mol. The second kappa shape index (κ2) is 7.09. The first-order valence-corrected chi connectivity index (χ1v) is 8.09. The van der Waals surface area contributed by atoms with Crippen molar-refractivity contribution >= 4 is 28.6 Å². The van der Waals surface area contributed by atoms with Crippen LogP contribution in [0.15, 0.2) is 71.8 Å². The highest BCUT2D eigenvalue weighted by atomic mass is 32.2. The lowest BCUT2D eigenvalue weighted by molar-refractivity contribution is -0.118. The van der Waals surface area contributed by atoms with E-state index in [1.165, 1.54) is 11.8 Å². The number of carbonyl (C=O) groups excluding carboxylic acids is 1. The van der Waals surface area contributed by atoms with Gasteiger partial charge in [-0.2, -0.15) is 0 Å². The lowest BCUT2D eigenvalue weighted by atomic mass is 10.2. The number of thioether (sulfide) groups is 1. The fraction of sp³-hybridized carbons (Fsp3) is 0.111. The summed E-state index contributed by atoms with van der Waals surface area (Å²) in [5.74, 6) is 0.421. The molecule has 22 heavy (non-hydrogen) atoms. The predicted octanol–water partition coefficient (Wildman–Crippen LogP) is 3.64. The van der Waals surface area contributed by atoms with Crippen LogP contribution in [0.4, 0.5) is 0 Å². The molecule has 0 aliphatic heterocycles. The van der Waals surface area contributed by atoms with Crippen LogP contribution in [0.2, 0.25) is 0 Å². The average molecular weight is 308 g/mol. The molecule has 0 fully saturated rings. The molecule has 1 aromatic heterocycles. The molecule has 4 heteroatoms. The summed E-state index contributed by atoms with van der Waals surface area (Å²) in [6.07, 6.45) is 1.78. The molecule has 0 spiro atoms. The summed E-state index contributed by atoms with van der Waals surface area (Å²) in [6, 6.07) is 19.9. The number of nitrogens with zero attached hydrogens (tertiary/aromatic N) is 1. The lowest BCUT2D eigenvalue weighted by Gasteiger charge is -2.07. The van der Waals surface area contributed by atoms with E-state index < -0.39 is 0 Å². The third-order valence-corrected chi connectivity index (χ3v) is 4.33. The van der Waals surface area contributed by atoms with Crippen molar-refractivity contribution in [2.75, 3.05) is 5.75 Å². The number of hydrogen-bond donors (Lipinski definition) is 1. The third kappa shape index (κ3) is 3.65. The number of amides is 1. The van der Waals surface area contributed by atoms with Gasteiger partial charge in [0.2, 0.25) is 5.91 Å². The summed E-state index contributed by atoms with van der Waals surface area (Å²) in [5.41, 5.74) is 2.05. The van der Waals surface area contributed by atoms with Gasteiger partial charge in [-0.05, 0) is 17.7 Å². The Morgan fingerprint density at radius 1 is 1.00 bits per heavy atom. The van der Waals surface area contributed by atoms with Gasteiger partial charge in [0.25, 0.3) is 0 Å². The van der Waals surface area contributed by atoms with E-state index in [1.807, 2.05) is 60.7 Å². The van der Waals surface area contributed by atoms with Crippen LogP contribution in [0.25, 0.3) is 10.9 Å². The third-order valence-electron chi connectivity index (χ3n) is 3.29. The molecule has 0 unspecified atom stereocenters. The average Bonchev–Trinajstić information content (AvgIpc) is 2.59. The molecule has 0 aliphatic rings. The van der Waals surface area contributed by atoms with E-state index in [4.69, 9.17) is 0 Å². The van der Waals surface area contributed by atoms with Crippen LogP contribution >= 0.6 is 11.8 Å². The van der Waals surface area contributed by atoms with Gasteiger partial charge in [-0.1, -0.05) is 48.5 Å². The molecular weight excluding hydrogens is 292 g/mol. The molecule has 0 radical (unpaired) electrons. The van der Waals surface area contributed by atoms with E-state index in [1.54, 1.807) is 6.20 Å². The maximum absolute atomic E-state index is 12.0. The van der Waals surface area contributed by atoms with Crippen molar-refractivity contribution in [1.29, 1.82) is 0 Å². The van der Waals surface area contributed by atoms with Gasteiger partial charge >= 0.3 is 0 Å². The molecule has 3 nitrogen and oxygen atoms in total. The summed E-state index contributed by atoms with van der Waals surface area (Å²) < 4.78 is 0. The number of benzene rings is 2. The predicted molar refractivity (Wildman–Crippen MR) is 90.8 cm³/mol. The van der Waals surface area contributed by atoms with E-state index >= 15 is 0 Å². The molecular formula is C18H16N2OS. The Hall–Kier alpha value is -2.33. The van der Waals surface area contributed by atoms with Crippen LogP contribution in [0.1, 0.15) is 5.56 Å². The van der Waals surface area contributed by atoms with Gasteiger partial charge in [0, 0.05) is 23.0 Å². The second-order valence-corrected chi connectivity index (χ2v) is 5.90. The number of carbonyl (C=O) groups is 1. The number of para-hydroxylation sites is 1. The number of hydrogen-bond acceptors (Lipinski definition) is 3. The van der Waals surface area contributed by atoms with Crippen molar-refractivity contribution in [1.82, 2.24) is 10.3 Å². The van der Waals surface area contributed by atoms with Gasteiger partial charge in [-0.25, -0.2) is 0 Å². The van der Waals surface area contributed by atoms with Gasteiger partial charge in [0.15, 0.2) is 0 Å². The first-order chi connectivity index (χ1) is 10.8. The Kier molecular flexibility index (Phi) is 4.71. The quantitative estimate of drug-likeness (QED) is 0.732. The minimum atomic E-state index is 0.0294. The highest BCUT2D eigenvalue weighted by molar-refractivity contribution is 8.00. The smallest absolute Gasteiger partial charge is 0.230 e. The SMILES string of the molecule is O=C(CSc1cccc2cccnc12)NCc1ccccc1. The number of aromatic nitrogens is 1. The number of rotatable bonds is 5. The number of fused-ring (bicyclic) bond motifs is 1. The molecule has 0 aliphatic carbocycles. The standard InChI is InChI=1S/C18H16N2OS/c21-17(20-12-14-6-2-1-3-7-14)13-22-16-10-4-8-15-9-5-11-19-18(15)16/h1-11H,12-13H2,(H,20,21). The molecule has 0 saturated carbocycles. The van der Waals surface area contributed by atoms with Crippen molar-refractivity contribution in [3.63, 3.8) is 0 Å². The minimum Gasteiger partial charge on any atom is -0.351 e. The van der Waals surface area contributed by atoms with E-state index in [0.29, 0.717) is 12.3 Å². The molecule has 0 saturated heterocycles. The van der Waals surface area contributed by atoms with Crippen molar-refractivity contribution in [3.05, 3.63) is 72.4 Å². The van der Waals surface area contributed by atoms with Gasteiger partial charge in [0.05, 0.1) is 11.3 Å². The van der Waals surface area contributed by atoms with Crippen LogP contribution in [0, 0.1) is 0 Å². The molecule has 0 atom stereocenters. The Labute approximate surface area is 133 Å². The normalized spacial score (nSPS) is 10.5. The van der Waals surface area contributed by atoms with E-state index in [9.17, 15) is 4.79 Å². The molecule has 110 valence electrons. The van der Waals surface area contributed by atoms with Gasteiger partial charge in [-0.15, -0.1) is 11.8 Å². The summed E-state index contributed by atoms with van der Waals surface area (Å²) in [4.78, 5) is 17.4.